The molecule has 3 heteroatoms. The van der Waals surface area contributed by atoms with E-state index in [0.29, 0.717) is 12.6 Å². The third kappa shape index (κ3) is 3.58. The summed E-state index contributed by atoms with van der Waals surface area (Å²) in [5.74, 6) is 0.785. The van der Waals surface area contributed by atoms with E-state index < -0.39 is 0 Å². The van der Waals surface area contributed by atoms with E-state index in [1.165, 1.54) is 49.9 Å². The van der Waals surface area contributed by atoms with Crippen LogP contribution in [0.2, 0.25) is 0 Å². The van der Waals surface area contributed by atoms with E-state index in [2.05, 4.69) is 41.8 Å². The van der Waals surface area contributed by atoms with Gasteiger partial charge in [0.1, 0.15) is 0 Å². The molecule has 1 aromatic rings. The van der Waals surface area contributed by atoms with E-state index in [9.17, 15) is 0 Å². The molecule has 1 saturated heterocycles. The van der Waals surface area contributed by atoms with Gasteiger partial charge in [-0.05, 0) is 51.1 Å². The van der Waals surface area contributed by atoms with Gasteiger partial charge in [-0.3, -0.25) is 0 Å². The second-order valence-electron chi connectivity index (χ2n) is 6.34. The molecule has 3 nitrogen and oxygen atoms in total. The van der Waals surface area contributed by atoms with Gasteiger partial charge in [0.15, 0.2) is 0 Å². The van der Waals surface area contributed by atoms with Crippen LogP contribution < -0.4 is 10.6 Å². The Morgan fingerprint density at radius 2 is 2.10 bits per heavy atom. The Morgan fingerprint density at radius 1 is 1.19 bits per heavy atom. The number of nitrogens with one attached hydrogen (secondary N) is 2. The van der Waals surface area contributed by atoms with Gasteiger partial charge in [-0.25, -0.2) is 0 Å². The maximum Gasteiger partial charge on any atom is 0.0736 e. The van der Waals surface area contributed by atoms with Crippen molar-refractivity contribution in [3.05, 3.63) is 29.8 Å². The number of benzene rings is 1. The van der Waals surface area contributed by atoms with Crippen molar-refractivity contribution in [1.82, 2.24) is 5.32 Å². The Kier molecular flexibility index (Phi) is 5.15. The number of hydrogen-bond acceptors (Lipinski definition) is 3. The number of anilines is 1. The fraction of sp³-hybridized carbons (Fsp3) is 0.667. The molecule has 1 aliphatic heterocycles. The van der Waals surface area contributed by atoms with Crippen LogP contribution in [0.5, 0.6) is 0 Å². The Balaban J connectivity index is 1.67. The highest BCUT2D eigenvalue weighted by atomic mass is 16.5. The third-order valence-electron chi connectivity index (χ3n) is 5.00. The van der Waals surface area contributed by atoms with Crippen molar-refractivity contribution in [1.29, 1.82) is 0 Å². The first-order valence-corrected chi connectivity index (χ1v) is 8.54. The molecule has 0 amide bonds. The number of hydrogen-bond donors (Lipinski definition) is 2. The zero-order valence-corrected chi connectivity index (χ0v) is 13.1. The van der Waals surface area contributed by atoms with Crippen molar-refractivity contribution >= 4 is 5.69 Å². The lowest BCUT2D eigenvalue weighted by molar-refractivity contribution is 0.134. The fourth-order valence-electron chi connectivity index (χ4n) is 3.93. The molecule has 2 aliphatic rings. The maximum absolute atomic E-state index is 5.60. The van der Waals surface area contributed by atoms with Crippen molar-refractivity contribution in [3.63, 3.8) is 0 Å². The van der Waals surface area contributed by atoms with E-state index in [0.717, 1.165) is 18.6 Å². The number of rotatable bonds is 6. The lowest BCUT2D eigenvalue weighted by atomic mass is 9.93. The summed E-state index contributed by atoms with van der Waals surface area (Å²) in [6, 6.07) is 9.94. The average Bonchev–Trinajstić information content (AvgIpc) is 3.17. The van der Waals surface area contributed by atoms with Gasteiger partial charge in [-0.15, -0.1) is 0 Å². The van der Waals surface area contributed by atoms with Gasteiger partial charge in [-0.1, -0.05) is 24.6 Å². The van der Waals surface area contributed by atoms with Crippen LogP contribution in [-0.4, -0.2) is 25.2 Å². The molecule has 21 heavy (non-hydrogen) atoms. The zero-order chi connectivity index (χ0) is 14.5. The molecule has 3 rings (SSSR count). The summed E-state index contributed by atoms with van der Waals surface area (Å²) in [6.45, 7) is 4.73. The van der Waals surface area contributed by atoms with Crippen LogP contribution in [0.4, 0.5) is 5.69 Å². The Bertz CT molecular complexity index is 443. The third-order valence-corrected chi connectivity index (χ3v) is 5.00. The first-order chi connectivity index (χ1) is 10.4. The normalized spacial score (nSPS) is 28.9. The molecule has 0 aromatic heterocycles. The quantitative estimate of drug-likeness (QED) is 0.840. The molecule has 2 fully saturated rings. The predicted octanol–water partition coefficient (Wildman–Crippen LogP) is 3.56. The van der Waals surface area contributed by atoms with Crippen molar-refractivity contribution in [2.45, 2.75) is 57.7 Å². The minimum Gasteiger partial charge on any atom is -0.382 e. The topological polar surface area (TPSA) is 33.3 Å². The first kappa shape index (κ1) is 14.9. The van der Waals surface area contributed by atoms with Gasteiger partial charge in [0.05, 0.1) is 6.61 Å². The van der Waals surface area contributed by atoms with E-state index in [-0.39, 0.29) is 0 Å². The van der Waals surface area contributed by atoms with Crippen LogP contribution in [0.1, 0.15) is 44.6 Å². The minimum absolute atomic E-state index is 0.614. The second-order valence-corrected chi connectivity index (χ2v) is 6.34. The van der Waals surface area contributed by atoms with Gasteiger partial charge in [0.25, 0.3) is 0 Å². The van der Waals surface area contributed by atoms with Crippen molar-refractivity contribution in [3.8, 4) is 0 Å². The molecular weight excluding hydrogens is 260 g/mol. The molecule has 1 aliphatic carbocycles. The lowest BCUT2D eigenvalue weighted by Crippen LogP contribution is -2.38. The smallest absolute Gasteiger partial charge is 0.0736 e. The number of ether oxygens (including phenoxy) is 1. The number of para-hydroxylation sites is 1. The fourth-order valence-corrected chi connectivity index (χ4v) is 3.93. The predicted molar refractivity (Wildman–Crippen MR) is 87.5 cm³/mol. The van der Waals surface area contributed by atoms with Crippen LogP contribution in [0.15, 0.2) is 24.3 Å². The van der Waals surface area contributed by atoms with E-state index in [4.69, 9.17) is 4.74 Å². The van der Waals surface area contributed by atoms with Crippen LogP contribution >= 0.6 is 0 Å². The second kappa shape index (κ2) is 7.28. The molecule has 1 aromatic carbocycles. The molecule has 2 N–H and O–H groups in total. The molecule has 3 atom stereocenters. The monoisotopic (exact) mass is 288 g/mol. The Morgan fingerprint density at radius 3 is 2.90 bits per heavy atom. The van der Waals surface area contributed by atoms with Gasteiger partial charge in [0, 0.05) is 29.9 Å². The highest BCUT2D eigenvalue weighted by molar-refractivity contribution is 5.51. The van der Waals surface area contributed by atoms with Crippen molar-refractivity contribution in [2.75, 3.05) is 18.5 Å². The summed E-state index contributed by atoms with van der Waals surface area (Å²) >= 11 is 0. The van der Waals surface area contributed by atoms with Gasteiger partial charge in [0.2, 0.25) is 0 Å². The van der Waals surface area contributed by atoms with Crippen LogP contribution in [0.25, 0.3) is 0 Å². The summed E-state index contributed by atoms with van der Waals surface area (Å²) < 4.78 is 5.60. The van der Waals surface area contributed by atoms with Crippen molar-refractivity contribution in [2.24, 2.45) is 5.92 Å². The molecule has 116 valence electrons. The standard InChI is InChI=1S/C18H28N2O/c1-2-21-13-14-7-3-4-9-16(14)20-18-10-5-8-15(18)17-11-6-12-19-17/h3-4,7,9,15,17-20H,2,5-6,8,10-13H2,1H3. The SMILES string of the molecule is CCOCc1ccccc1NC1CCCC1C1CCCN1. The molecule has 3 unspecified atom stereocenters. The summed E-state index contributed by atoms with van der Waals surface area (Å²) in [7, 11) is 0. The Labute approximate surface area is 128 Å². The van der Waals surface area contributed by atoms with E-state index >= 15 is 0 Å². The molecule has 0 spiro atoms. The van der Waals surface area contributed by atoms with E-state index in [1.807, 2.05) is 0 Å². The summed E-state index contributed by atoms with van der Waals surface area (Å²) in [5, 5.41) is 7.52. The average molecular weight is 288 g/mol. The summed E-state index contributed by atoms with van der Waals surface area (Å²) in [5.41, 5.74) is 2.55. The first-order valence-electron chi connectivity index (χ1n) is 8.54. The van der Waals surface area contributed by atoms with E-state index in [1.54, 1.807) is 0 Å². The largest absolute Gasteiger partial charge is 0.382 e. The van der Waals surface area contributed by atoms with Crippen LogP contribution in [0.3, 0.4) is 0 Å². The molecule has 1 heterocycles. The molecule has 1 saturated carbocycles. The zero-order valence-electron chi connectivity index (χ0n) is 13.1. The molecule has 0 bridgehead atoms. The van der Waals surface area contributed by atoms with Crippen LogP contribution in [-0.2, 0) is 11.3 Å². The molecular formula is C18H28N2O. The maximum atomic E-state index is 5.60. The highest BCUT2D eigenvalue weighted by Gasteiger charge is 2.35. The Hall–Kier alpha value is -1.06. The highest BCUT2D eigenvalue weighted by Crippen LogP contribution is 2.34. The minimum atomic E-state index is 0.614. The van der Waals surface area contributed by atoms with Gasteiger partial charge < -0.3 is 15.4 Å². The summed E-state index contributed by atoms with van der Waals surface area (Å²) in [6.07, 6.45) is 6.71. The summed E-state index contributed by atoms with van der Waals surface area (Å²) in [4.78, 5) is 0. The van der Waals surface area contributed by atoms with Gasteiger partial charge in [-0.2, -0.15) is 0 Å². The van der Waals surface area contributed by atoms with Crippen LogP contribution in [0, 0.1) is 5.92 Å². The van der Waals surface area contributed by atoms with Crippen molar-refractivity contribution < 1.29 is 4.74 Å². The lowest BCUT2D eigenvalue weighted by Gasteiger charge is -2.28. The van der Waals surface area contributed by atoms with Gasteiger partial charge >= 0.3 is 0 Å². The molecule has 0 radical (unpaired) electrons.